The number of nitrogens with one attached hydrogen (secondary N) is 1. The highest BCUT2D eigenvalue weighted by Crippen LogP contribution is 2.29. The smallest absolute Gasteiger partial charge is 0.271 e. The molecule has 1 N–H and O–H groups in total. The molecule has 0 saturated heterocycles. The van der Waals surface area contributed by atoms with Crippen LogP contribution in [0.1, 0.15) is 28.4 Å². The van der Waals surface area contributed by atoms with Gasteiger partial charge < -0.3 is 14.2 Å². The molecule has 30 heavy (non-hydrogen) atoms. The van der Waals surface area contributed by atoms with Crippen LogP contribution >= 0.6 is 0 Å². The van der Waals surface area contributed by atoms with Crippen molar-refractivity contribution in [3.05, 3.63) is 89.5 Å². The molecule has 3 aromatic rings. The van der Waals surface area contributed by atoms with Crippen LogP contribution in [0.15, 0.2) is 77.9 Å². The van der Waals surface area contributed by atoms with Gasteiger partial charge in [-0.3, -0.25) is 4.79 Å². The van der Waals surface area contributed by atoms with Crippen molar-refractivity contribution in [2.45, 2.75) is 13.5 Å². The van der Waals surface area contributed by atoms with E-state index in [4.69, 9.17) is 14.2 Å². The molecule has 0 radical (unpaired) electrons. The summed E-state index contributed by atoms with van der Waals surface area (Å²) >= 11 is 0. The van der Waals surface area contributed by atoms with E-state index in [0.717, 1.165) is 16.9 Å². The van der Waals surface area contributed by atoms with Crippen LogP contribution in [0.25, 0.3) is 0 Å². The molecule has 0 fully saturated rings. The van der Waals surface area contributed by atoms with Crippen molar-refractivity contribution in [1.29, 1.82) is 0 Å². The van der Waals surface area contributed by atoms with E-state index in [1.807, 2.05) is 61.5 Å². The first-order valence-corrected chi connectivity index (χ1v) is 9.60. The Kier molecular flexibility index (Phi) is 7.44. The fourth-order valence-electron chi connectivity index (χ4n) is 2.69. The van der Waals surface area contributed by atoms with Gasteiger partial charge >= 0.3 is 0 Å². The van der Waals surface area contributed by atoms with Crippen molar-refractivity contribution in [1.82, 2.24) is 5.43 Å². The highest BCUT2D eigenvalue weighted by atomic mass is 16.5. The lowest BCUT2D eigenvalue weighted by atomic mass is 10.2. The Morgan fingerprint density at radius 1 is 0.967 bits per heavy atom. The number of carbonyl (C=O) groups is 1. The zero-order valence-electron chi connectivity index (χ0n) is 17.0. The molecule has 0 atom stereocenters. The van der Waals surface area contributed by atoms with Crippen molar-refractivity contribution in [3.8, 4) is 17.2 Å². The fraction of sp³-hybridized carbons (Fsp3) is 0.167. The molecular formula is C24H24N2O4. The molecule has 154 valence electrons. The van der Waals surface area contributed by atoms with E-state index in [2.05, 4.69) is 10.5 Å². The Morgan fingerprint density at radius 2 is 1.73 bits per heavy atom. The van der Waals surface area contributed by atoms with Crippen molar-refractivity contribution in [2.24, 2.45) is 5.10 Å². The number of hydrogen-bond donors (Lipinski definition) is 1. The van der Waals surface area contributed by atoms with Gasteiger partial charge in [0, 0.05) is 5.56 Å². The van der Waals surface area contributed by atoms with E-state index in [1.165, 1.54) is 0 Å². The molecule has 1 amide bonds. The molecule has 0 aromatic heterocycles. The maximum absolute atomic E-state index is 12.4. The summed E-state index contributed by atoms with van der Waals surface area (Å²) in [7, 11) is 1.61. The zero-order valence-corrected chi connectivity index (χ0v) is 17.0. The van der Waals surface area contributed by atoms with Gasteiger partial charge in [0.1, 0.15) is 12.4 Å². The van der Waals surface area contributed by atoms with E-state index in [0.29, 0.717) is 30.3 Å². The summed E-state index contributed by atoms with van der Waals surface area (Å²) < 4.78 is 16.6. The predicted molar refractivity (Wildman–Crippen MR) is 116 cm³/mol. The number of hydrazone groups is 1. The first-order chi connectivity index (χ1) is 14.7. The second-order valence-corrected chi connectivity index (χ2v) is 6.34. The number of nitrogens with zero attached hydrogens (tertiary/aromatic N) is 1. The topological polar surface area (TPSA) is 69.2 Å². The largest absolute Gasteiger partial charge is 0.497 e. The average Bonchev–Trinajstić information content (AvgIpc) is 2.79. The molecule has 0 heterocycles. The summed E-state index contributed by atoms with van der Waals surface area (Å²) in [6.45, 7) is 2.76. The number of carbonyl (C=O) groups excluding carboxylic acids is 1. The van der Waals surface area contributed by atoms with Gasteiger partial charge in [0.05, 0.1) is 19.9 Å². The Bertz CT molecular complexity index is 986. The van der Waals surface area contributed by atoms with E-state index >= 15 is 0 Å². The standard InChI is InChI=1S/C24H24N2O4/c1-3-29-23-15-20(11-14-22(23)30-17-19-7-5-4-6-8-19)24(27)26-25-16-18-9-12-21(28-2)13-10-18/h4-16H,3,17H2,1-2H3,(H,26,27)/b25-16+. The van der Waals surface area contributed by atoms with Crippen molar-refractivity contribution >= 4 is 12.1 Å². The van der Waals surface area contributed by atoms with Crippen molar-refractivity contribution in [2.75, 3.05) is 13.7 Å². The SMILES string of the molecule is CCOc1cc(C(=O)N/N=C/c2ccc(OC)cc2)ccc1OCc1ccccc1. The van der Waals surface area contributed by atoms with Gasteiger partial charge in [0.25, 0.3) is 5.91 Å². The maximum Gasteiger partial charge on any atom is 0.271 e. The second kappa shape index (κ2) is 10.7. The van der Waals surface area contributed by atoms with Crippen LogP contribution in [0.2, 0.25) is 0 Å². The Balaban J connectivity index is 1.64. The summed E-state index contributed by atoms with van der Waals surface area (Å²) in [4.78, 5) is 12.4. The third-order valence-electron chi connectivity index (χ3n) is 4.24. The number of amides is 1. The molecule has 0 aliphatic heterocycles. The van der Waals surface area contributed by atoms with Crippen molar-refractivity contribution in [3.63, 3.8) is 0 Å². The lowest BCUT2D eigenvalue weighted by molar-refractivity contribution is 0.0954. The van der Waals surface area contributed by atoms with Crippen LogP contribution < -0.4 is 19.6 Å². The van der Waals surface area contributed by atoms with Gasteiger partial charge in [-0.15, -0.1) is 0 Å². The van der Waals surface area contributed by atoms with E-state index < -0.39 is 0 Å². The van der Waals surface area contributed by atoms with Gasteiger partial charge in [-0.25, -0.2) is 5.43 Å². The van der Waals surface area contributed by atoms with Crippen LogP contribution in [0.4, 0.5) is 0 Å². The van der Waals surface area contributed by atoms with Crippen LogP contribution in [0.5, 0.6) is 17.2 Å². The molecule has 0 spiro atoms. The van der Waals surface area contributed by atoms with Crippen LogP contribution in [0, 0.1) is 0 Å². The number of rotatable bonds is 9. The number of hydrogen-bond acceptors (Lipinski definition) is 5. The minimum atomic E-state index is -0.338. The Morgan fingerprint density at radius 3 is 2.43 bits per heavy atom. The van der Waals surface area contributed by atoms with Crippen LogP contribution in [-0.2, 0) is 6.61 Å². The van der Waals surface area contributed by atoms with Gasteiger partial charge in [0.15, 0.2) is 11.5 Å². The number of ether oxygens (including phenoxy) is 3. The molecular weight excluding hydrogens is 380 g/mol. The fourth-order valence-corrected chi connectivity index (χ4v) is 2.69. The first-order valence-electron chi connectivity index (χ1n) is 9.60. The van der Waals surface area contributed by atoms with E-state index in [-0.39, 0.29) is 5.91 Å². The molecule has 0 aliphatic rings. The molecule has 0 saturated carbocycles. The zero-order chi connectivity index (χ0) is 21.2. The van der Waals surface area contributed by atoms with Gasteiger partial charge in [-0.05, 0) is 60.5 Å². The lowest BCUT2D eigenvalue weighted by Gasteiger charge is -2.13. The van der Waals surface area contributed by atoms with Crippen LogP contribution in [-0.4, -0.2) is 25.8 Å². The molecule has 3 rings (SSSR count). The predicted octanol–water partition coefficient (Wildman–Crippen LogP) is 4.44. The normalized spacial score (nSPS) is 10.6. The van der Waals surface area contributed by atoms with Gasteiger partial charge in [-0.2, -0.15) is 5.10 Å². The summed E-state index contributed by atoms with van der Waals surface area (Å²) in [6, 6.07) is 22.3. The summed E-state index contributed by atoms with van der Waals surface area (Å²) in [5.41, 5.74) is 4.85. The Hall–Kier alpha value is -3.80. The highest BCUT2D eigenvalue weighted by Gasteiger charge is 2.11. The van der Waals surface area contributed by atoms with Gasteiger partial charge in [-0.1, -0.05) is 30.3 Å². The lowest BCUT2D eigenvalue weighted by Crippen LogP contribution is -2.17. The van der Waals surface area contributed by atoms with Crippen LogP contribution in [0.3, 0.4) is 0 Å². The van der Waals surface area contributed by atoms with Gasteiger partial charge in [0.2, 0.25) is 0 Å². The maximum atomic E-state index is 12.4. The number of benzene rings is 3. The van der Waals surface area contributed by atoms with E-state index in [1.54, 1.807) is 31.5 Å². The first kappa shape index (κ1) is 20.9. The molecule has 6 heteroatoms. The minimum absolute atomic E-state index is 0.338. The highest BCUT2D eigenvalue weighted by molar-refractivity contribution is 5.95. The molecule has 0 aliphatic carbocycles. The molecule has 6 nitrogen and oxygen atoms in total. The summed E-state index contributed by atoms with van der Waals surface area (Å²) in [5.74, 6) is 1.52. The summed E-state index contributed by atoms with van der Waals surface area (Å²) in [5, 5.41) is 4.01. The quantitative estimate of drug-likeness (QED) is 0.423. The Labute approximate surface area is 176 Å². The number of methoxy groups -OCH3 is 1. The molecule has 0 unspecified atom stereocenters. The molecule has 3 aromatic carbocycles. The average molecular weight is 404 g/mol. The summed E-state index contributed by atoms with van der Waals surface area (Å²) in [6.07, 6.45) is 1.57. The molecule has 0 bridgehead atoms. The third kappa shape index (κ3) is 5.85. The van der Waals surface area contributed by atoms with E-state index in [9.17, 15) is 4.79 Å². The minimum Gasteiger partial charge on any atom is -0.497 e. The monoisotopic (exact) mass is 404 g/mol. The third-order valence-corrected chi connectivity index (χ3v) is 4.24. The van der Waals surface area contributed by atoms with Crippen molar-refractivity contribution < 1.29 is 19.0 Å². The second-order valence-electron chi connectivity index (χ2n) is 6.34.